The van der Waals surface area contributed by atoms with Crippen LogP contribution in [-0.4, -0.2) is 47.4 Å². The maximum absolute atomic E-state index is 12.4. The van der Waals surface area contributed by atoms with Gasteiger partial charge in [0.15, 0.2) is 16.7 Å². The Kier molecular flexibility index (Phi) is 6.14. The molecule has 1 heterocycles. The molecule has 0 atom stereocenters. The quantitative estimate of drug-likeness (QED) is 0.719. The minimum Gasteiger partial charge on any atom is -0.493 e. The number of methoxy groups -OCH3 is 2. The molecular formula is C17H23N3O3S. The molecule has 130 valence electrons. The topological polar surface area (TPSA) is 56.6 Å². The van der Waals surface area contributed by atoms with Crippen LogP contribution in [0.5, 0.6) is 11.5 Å². The van der Waals surface area contributed by atoms with Gasteiger partial charge in [0.05, 0.1) is 20.0 Å². The van der Waals surface area contributed by atoms with Crippen LogP contribution in [-0.2, 0) is 18.4 Å². The Morgan fingerprint density at radius 2 is 1.96 bits per heavy atom. The Labute approximate surface area is 146 Å². The molecule has 1 aromatic heterocycles. The Morgan fingerprint density at radius 1 is 1.29 bits per heavy atom. The Hall–Kier alpha value is -2.15. The van der Waals surface area contributed by atoms with E-state index in [9.17, 15) is 4.79 Å². The van der Waals surface area contributed by atoms with E-state index < -0.39 is 0 Å². The number of aromatic nitrogens is 2. The van der Waals surface area contributed by atoms with Crippen molar-refractivity contribution >= 4 is 17.7 Å². The molecule has 0 N–H and O–H groups in total. The smallest absolute Gasteiger partial charge is 0.233 e. The van der Waals surface area contributed by atoms with Gasteiger partial charge in [0.25, 0.3) is 0 Å². The molecule has 0 fully saturated rings. The van der Waals surface area contributed by atoms with Gasteiger partial charge in [0.2, 0.25) is 5.91 Å². The van der Waals surface area contributed by atoms with Crippen LogP contribution in [0.1, 0.15) is 11.1 Å². The first kappa shape index (κ1) is 18.2. The second-order valence-electron chi connectivity index (χ2n) is 5.49. The zero-order valence-corrected chi connectivity index (χ0v) is 15.5. The lowest BCUT2D eigenvalue weighted by Crippen LogP contribution is -2.28. The van der Waals surface area contributed by atoms with Crippen LogP contribution >= 0.6 is 11.8 Å². The van der Waals surface area contributed by atoms with E-state index in [0.29, 0.717) is 23.8 Å². The van der Waals surface area contributed by atoms with Gasteiger partial charge in [-0.1, -0.05) is 11.8 Å². The lowest BCUT2D eigenvalue weighted by molar-refractivity contribution is -0.127. The molecule has 7 heteroatoms. The van der Waals surface area contributed by atoms with E-state index in [0.717, 1.165) is 16.3 Å². The first-order chi connectivity index (χ1) is 11.5. The van der Waals surface area contributed by atoms with Crippen LogP contribution in [0.2, 0.25) is 0 Å². The van der Waals surface area contributed by atoms with E-state index in [2.05, 4.69) is 4.98 Å². The third-order valence-electron chi connectivity index (χ3n) is 3.78. The average Bonchev–Trinajstić information content (AvgIpc) is 2.98. The summed E-state index contributed by atoms with van der Waals surface area (Å²) in [6, 6.07) is 3.85. The number of thioether (sulfide) groups is 1. The van der Waals surface area contributed by atoms with Gasteiger partial charge in [-0.05, 0) is 30.2 Å². The highest BCUT2D eigenvalue weighted by molar-refractivity contribution is 7.99. The number of ether oxygens (including phenoxy) is 2. The van der Waals surface area contributed by atoms with Crippen LogP contribution < -0.4 is 9.47 Å². The molecule has 24 heavy (non-hydrogen) atoms. The third kappa shape index (κ3) is 4.23. The molecular weight excluding hydrogens is 326 g/mol. The van der Waals surface area contributed by atoms with Gasteiger partial charge in [-0.2, -0.15) is 0 Å². The second-order valence-corrected chi connectivity index (χ2v) is 6.44. The maximum Gasteiger partial charge on any atom is 0.233 e. The normalized spacial score (nSPS) is 10.5. The number of hydrogen-bond donors (Lipinski definition) is 0. The molecule has 1 aromatic carbocycles. The number of imidazole rings is 1. The van der Waals surface area contributed by atoms with Gasteiger partial charge in [0, 0.05) is 33.0 Å². The van der Waals surface area contributed by atoms with E-state index in [-0.39, 0.29) is 5.91 Å². The van der Waals surface area contributed by atoms with Gasteiger partial charge in [-0.15, -0.1) is 0 Å². The highest BCUT2D eigenvalue weighted by Gasteiger charge is 2.15. The molecule has 6 nitrogen and oxygen atoms in total. The van der Waals surface area contributed by atoms with Crippen molar-refractivity contribution in [2.45, 2.75) is 18.6 Å². The average molecular weight is 349 g/mol. The molecule has 0 saturated carbocycles. The molecule has 0 unspecified atom stereocenters. The van der Waals surface area contributed by atoms with Crippen molar-refractivity contribution in [3.8, 4) is 11.5 Å². The molecule has 0 radical (unpaired) electrons. The van der Waals surface area contributed by atoms with E-state index in [1.165, 1.54) is 11.8 Å². The summed E-state index contributed by atoms with van der Waals surface area (Å²) < 4.78 is 12.5. The standard InChI is InChI=1S/C17H23N3O3S/c1-12-8-14(22-4)15(23-5)9-13(12)10-20(3)16(21)11-24-17-18-6-7-19(17)2/h6-9H,10-11H2,1-5H3. The van der Waals surface area contributed by atoms with Crippen molar-refractivity contribution in [2.24, 2.45) is 7.05 Å². The first-order valence-corrected chi connectivity index (χ1v) is 8.50. The zero-order valence-electron chi connectivity index (χ0n) is 14.7. The first-order valence-electron chi connectivity index (χ1n) is 7.51. The van der Waals surface area contributed by atoms with Gasteiger partial charge in [0.1, 0.15) is 0 Å². The Bertz CT molecular complexity index is 715. The molecule has 0 saturated heterocycles. The van der Waals surface area contributed by atoms with E-state index in [4.69, 9.17) is 9.47 Å². The van der Waals surface area contributed by atoms with Crippen molar-refractivity contribution in [3.05, 3.63) is 35.7 Å². The van der Waals surface area contributed by atoms with E-state index >= 15 is 0 Å². The van der Waals surface area contributed by atoms with Gasteiger partial charge in [-0.25, -0.2) is 4.98 Å². The molecule has 1 amide bonds. The van der Waals surface area contributed by atoms with Crippen LogP contribution in [0.25, 0.3) is 0 Å². The summed E-state index contributed by atoms with van der Waals surface area (Å²) in [5.74, 6) is 1.77. The molecule has 0 bridgehead atoms. The fourth-order valence-corrected chi connectivity index (χ4v) is 3.14. The summed E-state index contributed by atoms with van der Waals surface area (Å²) in [6.45, 7) is 2.52. The largest absolute Gasteiger partial charge is 0.493 e. The number of aryl methyl sites for hydroxylation is 2. The lowest BCUT2D eigenvalue weighted by Gasteiger charge is -2.20. The minimum absolute atomic E-state index is 0.0529. The van der Waals surface area contributed by atoms with Crippen molar-refractivity contribution < 1.29 is 14.3 Å². The van der Waals surface area contributed by atoms with E-state index in [1.54, 1.807) is 32.4 Å². The minimum atomic E-state index is 0.0529. The van der Waals surface area contributed by atoms with Crippen molar-refractivity contribution in [2.75, 3.05) is 27.0 Å². The van der Waals surface area contributed by atoms with Crippen LogP contribution in [0.4, 0.5) is 0 Å². The highest BCUT2D eigenvalue weighted by Crippen LogP contribution is 2.30. The van der Waals surface area contributed by atoms with Crippen LogP contribution in [0.3, 0.4) is 0 Å². The molecule has 2 rings (SSSR count). The SMILES string of the molecule is COc1cc(C)c(CN(C)C(=O)CSc2nccn2C)cc1OC. The van der Waals surface area contributed by atoms with Crippen molar-refractivity contribution in [1.29, 1.82) is 0 Å². The number of nitrogens with zero attached hydrogens (tertiary/aromatic N) is 3. The summed E-state index contributed by atoms with van der Waals surface area (Å²) in [5.41, 5.74) is 2.09. The lowest BCUT2D eigenvalue weighted by atomic mass is 10.1. The summed E-state index contributed by atoms with van der Waals surface area (Å²) in [5, 5.41) is 0.832. The van der Waals surface area contributed by atoms with Gasteiger partial charge >= 0.3 is 0 Å². The summed E-state index contributed by atoms with van der Waals surface area (Å²) >= 11 is 1.43. The number of carbonyl (C=O) groups is 1. The number of hydrogen-bond acceptors (Lipinski definition) is 5. The summed E-state index contributed by atoms with van der Waals surface area (Å²) in [6.07, 6.45) is 3.59. The second kappa shape index (κ2) is 8.10. The Morgan fingerprint density at radius 3 is 2.54 bits per heavy atom. The van der Waals surface area contributed by atoms with Crippen LogP contribution in [0.15, 0.2) is 29.7 Å². The predicted octanol–water partition coefficient (Wildman–Crippen LogP) is 2.50. The van der Waals surface area contributed by atoms with Crippen LogP contribution in [0, 0.1) is 6.92 Å². The molecule has 0 spiro atoms. The monoisotopic (exact) mass is 349 g/mol. The molecule has 0 aliphatic carbocycles. The fourth-order valence-electron chi connectivity index (χ4n) is 2.26. The maximum atomic E-state index is 12.4. The molecule has 0 aliphatic rings. The Balaban J connectivity index is 2.02. The number of benzene rings is 1. The highest BCUT2D eigenvalue weighted by atomic mass is 32.2. The van der Waals surface area contributed by atoms with Crippen molar-refractivity contribution in [1.82, 2.24) is 14.5 Å². The number of rotatable bonds is 7. The van der Waals surface area contributed by atoms with Crippen molar-refractivity contribution in [3.63, 3.8) is 0 Å². The summed E-state index contributed by atoms with van der Waals surface area (Å²) in [7, 11) is 6.94. The zero-order chi connectivity index (χ0) is 17.7. The van der Waals surface area contributed by atoms with E-state index in [1.807, 2.05) is 36.9 Å². The third-order valence-corrected chi connectivity index (χ3v) is 4.82. The molecule has 2 aromatic rings. The fraction of sp³-hybridized carbons (Fsp3) is 0.412. The number of amides is 1. The summed E-state index contributed by atoms with van der Waals surface area (Å²) in [4.78, 5) is 18.3. The van der Waals surface area contributed by atoms with Gasteiger partial charge < -0.3 is 18.9 Å². The molecule has 0 aliphatic heterocycles. The van der Waals surface area contributed by atoms with Gasteiger partial charge in [-0.3, -0.25) is 4.79 Å². The predicted molar refractivity (Wildman–Crippen MR) is 94.7 cm³/mol. The number of carbonyl (C=O) groups excluding carboxylic acids is 1.